The Balaban J connectivity index is 2.13. The van der Waals surface area contributed by atoms with Crippen molar-refractivity contribution in [3.8, 4) is 35.2 Å². The first-order valence-corrected chi connectivity index (χ1v) is 11.5. The Morgan fingerprint density at radius 1 is 0.971 bits per heavy atom. The molecule has 190 valence electrons. The first kappa shape index (κ1) is 29.8. The summed E-state index contributed by atoms with van der Waals surface area (Å²) in [5.41, 5.74) is 0.552. The van der Waals surface area contributed by atoms with E-state index in [2.05, 4.69) is 35.6 Å². The summed E-state index contributed by atoms with van der Waals surface area (Å²) in [6, 6.07) is 4.21. The molecule has 8 nitrogen and oxygen atoms in total. The van der Waals surface area contributed by atoms with Crippen molar-refractivity contribution in [2.24, 2.45) is 0 Å². The van der Waals surface area contributed by atoms with E-state index in [4.69, 9.17) is 5.11 Å². The number of rotatable bonds is 14. The number of aliphatic hydroxyl groups excluding tert-OH is 4. The fourth-order valence-corrected chi connectivity index (χ4v) is 2.98. The van der Waals surface area contributed by atoms with E-state index in [1.807, 2.05) is 0 Å². The molecule has 0 aliphatic rings. The highest BCUT2D eigenvalue weighted by molar-refractivity contribution is 5.91. The van der Waals surface area contributed by atoms with Gasteiger partial charge in [-0.25, -0.2) is 0 Å². The second-order valence-electron chi connectivity index (χ2n) is 8.06. The van der Waals surface area contributed by atoms with Crippen molar-refractivity contribution in [1.29, 1.82) is 0 Å². The van der Waals surface area contributed by atoms with Gasteiger partial charge in [-0.15, -0.1) is 0 Å². The SMILES string of the molecule is C=C[C@@H](O)C#CC#CC[C@@H](O)[C@H](O)CCCCCC[C@H](O)CNC(=O)C=Cc1ccc(O)c(O)c1. The molecule has 0 aromatic heterocycles. The summed E-state index contributed by atoms with van der Waals surface area (Å²) in [6.07, 6.45) is 4.82. The van der Waals surface area contributed by atoms with Crippen molar-refractivity contribution < 1.29 is 35.4 Å². The van der Waals surface area contributed by atoms with Crippen LogP contribution in [0.2, 0.25) is 0 Å². The lowest BCUT2D eigenvalue weighted by Gasteiger charge is -2.15. The lowest BCUT2D eigenvalue weighted by Crippen LogP contribution is -2.30. The van der Waals surface area contributed by atoms with Gasteiger partial charge in [0.2, 0.25) is 5.91 Å². The number of hydrogen-bond acceptors (Lipinski definition) is 7. The minimum atomic E-state index is -0.965. The lowest BCUT2D eigenvalue weighted by molar-refractivity contribution is -0.116. The number of benzene rings is 1. The van der Waals surface area contributed by atoms with Crippen LogP contribution in [-0.4, -0.2) is 67.5 Å². The van der Waals surface area contributed by atoms with Crippen LogP contribution >= 0.6 is 0 Å². The number of nitrogens with one attached hydrogen (secondary N) is 1. The summed E-state index contributed by atoms with van der Waals surface area (Å²) in [4.78, 5) is 11.9. The van der Waals surface area contributed by atoms with Gasteiger partial charge in [-0.2, -0.15) is 0 Å². The summed E-state index contributed by atoms with van der Waals surface area (Å²) in [7, 11) is 0. The van der Waals surface area contributed by atoms with E-state index >= 15 is 0 Å². The number of phenols is 2. The van der Waals surface area contributed by atoms with Crippen LogP contribution in [0.25, 0.3) is 6.08 Å². The summed E-state index contributed by atoms with van der Waals surface area (Å²) < 4.78 is 0. The molecule has 7 N–H and O–H groups in total. The van der Waals surface area contributed by atoms with Gasteiger partial charge in [0.25, 0.3) is 0 Å². The smallest absolute Gasteiger partial charge is 0.244 e. The largest absolute Gasteiger partial charge is 0.504 e. The number of aliphatic hydroxyl groups is 4. The van der Waals surface area contributed by atoms with Crippen LogP contribution < -0.4 is 5.32 Å². The molecule has 0 saturated carbocycles. The fraction of sp³-hybridized carbons (Fsp3) is 0.444. The monoisotopic (exact) mass is 485 g/mol. The van der Waals surface area contributed by atoms with E-state index < -0.39 is 24.4 Å². The maximum atomic E-state index is 11.9. The quantitative estimate of drug-likeness (QED) is 0.0695. The molecule has 0 saturated heterocycles. The third-order valence-electron chi connectivity index (χ3n) is 5.08. The Bertz CT molecular complexity index is 952. The molecule has 0 bridgehead atoms. The summed E-state index contributed by atoms with van der Waals surface area (Å²) >= 11 is 0. The zero-order valence-corrected chi connectivity index (χ0v) is 19.7. The maximum Gasteiger partial charge on any atom is 0.244 e. The molecule has 8 heteroatoms. The number of phenolic OH excluding ortho intramolecular Hbond substituents is 2. The second-order valence-corrected chi connectivity index (χ2v) is 8.06. The number of hydrogen-bond donors (Lipinski definition) is 7. The van der Waals surface area contributed by atoms with E-state index in [0.717, 1.165) is 25.7 Å². The van der Waals surface area contributed by atoms with Crippen molar-refractivity contribution in [1.82, 2.24) is 5.32 Å². The minimum Gasteiger partial charge on any atom is -0.504 e. The van der Waals surface area contributed by atoms with Gasteiger partial charge in [0.05, 0.1) is 18.3 Å². The molecule has 4 atom stereocenters. The van der Waals surface area contributed by atoms with E-state index in [1.165, 1.54) is 30.4 Å². The molecule has 0 aliphatic carbocycles. The Morgan fingerprint density at radius 3 is 2.37 bits per heavy atom. The van der Waals surface area contributed by atoms with Crippen molar-refractivity contribution in [2.75, 3.05) is 6.54 Å². The average molecular weight is 486 g/mol. The number of carbonyl (C=O) groups is 1. The minimum absolute atomic E-state index is 0.0878. The van der Waals surface area contributed by atoms with Gasteiger partial charge in [-0.05, 0) is 48.5 Å². The number of unbranched alkanes of at least 4 members (excludes halogenated alkanes) is 3. The predicted molar refractivity (Wildman–Crippen MR) is 134 cm³/mol. The molecular formula is C27H35NO7. The van der Waals surface area contributed by atoms with Crippen LogP contribution in [0.1, 0.15) is 50.5 Å². The second kappa shape index (κ2) is 17.2. The van der Waals surface area contributed by atoms with Gasteiger partial charge >= 0.3 is 0 Å². The summed E-state index contributed by atoms with van der Waals surface area (Å²) in [6.45, 7) is 3.50. The predicted octanol–water partition coefficient (Wildman–Crippen LogP) is 1.59. The van der Waals surface area contributed by atoms with Crippen LogP contribution in [0.5, 0.6) is 11.5 Å². The van der Waals surface area contributed by atoms with Crippen molar-refractivity contribution in [3.63, 3.8) is 0 Å². The average Bonchev–Trinajstić information content (AvgIpc) is 2.84. The fourth-order valence-electron chi connectivity index (χ4n) is 2.98. The molecule has 0 heterocycles. The van der Waals surface area contributed by atoms with Crippen LogP contribution in [0.3, 0.4) is 0 Å². The van der Waals surface area contributed by atoms with Gasteiger partial charge in [-0.3, -0.25) is 4.79 Å². The van der Waals surface area contributed by atoms with Gasteiger partial charge in [0.15, 0.2) is 11.5 Å². The van der Waals surface area contributed by atoms with Crippen LogP contribution in [0.15, 0.2) is 36.9 Å². The molecular weight excluding hydrogens is 450 g/mol. The van der Waals surface area contributed by atoms with E-state index in [-0.39, 0.29) is 30.4 Å². The van der Waals surface area contributed by atoms with Gasteiger partial charge in [-0.1, -0.05) is 56.2 Å². The molecule has 0 radical (unpaired) electrons. The molecule has 0 spiro atoms. The first-order valence-electron chi connectivity index (χ1n) is 11.5. The zero-order chi connectivity index (χ0) is 26.1. The highest BCUT2D eigenvalue weighted by atomic mass is 16.3. The first-order chi connectivity index (χ1) is 16.7. The number of amides is 1. The van der Waals surface area contributed by atoms with Crippen molar-refractivity contribution >= 4 is 12.0 Å². The Kier molecular flexibility index (Phi) is 14.6. The van der Waals surface area contributed by atoms with Crippen molar-refractivity contribution in [3.05, 3.63) is 42.5 Å². The van der Waals surface area contributed by atoms with Gasteiger partial charge in [0.1, 0.15) is 6.10 Å². The Hall–Kier alpha value is -3.27. The van der Waals surface area contributed by atoms with Gasteiger partial charge in [0, 0.05) is 19.0 Å². The van der Waals surface area contributed by atoms with E-state index in [1.54, 1.807) is 6.07 Å². The lowest BCUT2D eigenvalue weighted by atomic mass is 10.0. The van der Waals surface area contributed by atoms with Crippen molar-refractivity contribution in [2.45, 2.75) is 69.4 Å². The van der Waals surface area contributed by atoms with Crippen LogP contribution in [0.4, 0.5) is 0 Å². The Morgan fingerprint density at radius 2 is 1.69 bits per heavy atom. The molecule has 0 unspecified atom stereocenters. The van der Waals surface area contributed by atoms with Gasteiger partial charge < -0.3 is 36.0 Å². The summed E-state index contributed by atoms with van der Waals surface area (Å²) in [5, 5.41) is 60.4. The highest BCUT2D eigenvalue weighted by Gasteiger charge is 2.14. The Labute approximate surface area is 206 Å². The topological polar surface area (TPSA) is 150 Å². The molecule has 0 aliphatic heterocycles. The molecule has 35 heavy (non-hydrogen) atoms. The molecule has 1 aromatic carbocycles. The third kappa shape index (κ3) is 13.9. The molecule has 0 fully saturated rings. The zero-order valence-electron chi connectivity index (χ0n) is 19.7. The van der Waals surface area contributed by atoms with E-state index in [0.29, 0.717) is 18.4 Å². The maximum absolute atomic E-state index is 11.9. The third-order valence-corrected chi connectivity index (χ3v) is 5.08. The number of carbonyl (C=O) groups excluding carboxylic acids is 1. The molecule has 1 aromatic rings. The van der Waals surface area contributed by atoms with Crippen LogP contribution in [-0.2, 0) is 4.79 Å². The van der Waals surface area contributed by atoms with E-state index in [9.17, 15) is 30.3 Å². The highest BCUT2D eigenvalue weighted by Crippen LogP contribution is 2.25. The standard InChI is InChI=1S/C27H35NO7/c1-2-21(29)10-7-5-9-13-24(32)23(31)12-8-4-3-6-11-22(30)19-28-27(35)17-15-20-14-16-25(33)26(34)18-20/h2,14-18,21-24,29-34H,1,3-4,6,8,11-13,19H2,(H,28,35)/t21-,22+,23-,24-/m1/s1. The normalized spacial score (nSPS) is 14.1. The summed E-state index contributed by atoms with van der Waals surface area (Å²) in [5.74, 6) is 9.15. The number of aromatic hydroxyl groups is 2. The van der Waals surface area contributed by atoms with Crippen LogP contribution in [0, 0.1) is 23.7 Å². The molecule has 1 amide bonds. The molecule has 1 rings (SSSR count).